The molecule has 2 N–H and O–H groups in total. The van der Waals surface area contributed by atoms with Crippen molar-refractivity contribution in [2.75, 3.05) is 40.0 Å². The third-order valence-corrected chi connectivity index (χ3v) is 5.30. The van der Waals surface area contributed by atoms with E-state index < -0.39 is 0 Å². The summed E-state index contributed by atoms with van der Waals surface area (Å²) in [5.41, 5.74) is 9.51. The maximum atomic E-state index is 12.3. The number of carbonyl (C=O) groups excluding carboxylic acids is 1. The molecule has 1 aromatic heterocycles. The lowest BCUT2D eigenvalue weighted by atomic mass is 10.0. The molecule has 3 aromatic rings. The summed E-state index contributed by atoms with van der Waals surface area (Å²) >= 11 is 1.34. The molecule has 0 aliphatic heterocycles. The van der Waals surface area contributed by atoms with E-state index in [1.807, 2.05) is 35.7 Å². The average molecular weight is 480 g/mol. The Morgan fingerprint density at radius 3 is 2.28 bits per heavy atom. The monoisotopic (exact) mass is 479 g/mol. The molecule has 1 amide bonds. The van der Waals surface area contributed by atoms with Gasteiger partial charge in [0.15, 0.2) is 11.5 Å². The second kappa shape index (κ2) is 11.7. The molecule has 0 aliphatic rings. The van der Waals surface area contributed by atoms with E-state index in [4.69, 9.17) is 24.8 Å². The molecule has 0 fully saturated rings. The van der Waals surface area contributed by atoms with Crippen molar-refractivity contribution in [3.8, 4) is 39.6 Å². The number of anilines is 1. The SMILES string of the molecule is COc1cc(-c2nscc2-c2cccc(N(OC)C(=O)CCN)c2)cc(OC)c1OC.Cl. The average Bonchev–Trinajstić information content (AvgIpc) is 3.29. The molecule has 1 heterocycles. The van der Waals surface area contributed by atoms with Gasteiger partial charge in [-0.1, -0.05) is 12.1 Å². The van der Waals surface area contributed by atoms with Gasteiger partial charge in [-0.3, -0.25) is 9.63 Å². The molecule has 3 rings (SSSR count). The van der Waals surface area contributed by atoms with Crippen LogP contribution in [0.3, 0.4) is 0 Å². The van der Waals surface area contributed by atoms with E-state index in [0.29, 0.717) is 22.9 Å². The number of nitrogens with two attached hydrogens (primary N) is 1. The highest BCUT2D eigenvalue weighted by Crippen LogP contribution is 2.43. The number of amides is 1. The highest BCUT2D eigenvalue weighted by molar-refractivity contribution is 7.04. The zero-order chi connectivity index (χ0) is 22.4. The first-order valence-corrected chi connectivity index (χ1v) is 10.3. The number of rotatable bonds is 9. The van der Waals surface area contributed by atoms with Crippen molar-refractivity contribution in [2.45, 2.75) is 6.42 Å². The first-order chi connectivity index (χ1) is 15.1. The second-order valence-corrected chi connectivity index (χ2v) is 7.08. The van der Waals surface area contributed by atoms with Crippen LogP contribution >= 0.6 is 23.9 Å². The van der Waals surface area contributed by atoms with Crippen molar-refractivity contribution in [1.82, 2.24) is 4.37 Å². The van der Waals surface area contributed by atoms with Crippen LogP contribution in [-0.4, -0.2) is 45.3 Å². The van der Waals surface area contributed by atoms with Gasteiger partial charge in [-0.2, -0.15) is 9.44 Å². The number of hydrogen-bond acceptors (Lipinski definition) is 8. The summed E-state index contributed by atoms with van der Waals surface area (Å²) in [4.78, 5) is 17.6. The van der Waals surface area contributed by atoms with Gasteiger partial charge in [-0.05, 0) is 41.4 Å². The van der Waals surface area contributed by atoms with E-state index in [0.717, 1.165) is 22.4 Å². The summed E-state index contributed by atoms with van der Waals surface area (Å²) in [5, 5.41) is 3.20. The maximum Gasteiger partial charge on any atom is 0.252 e. The molecule has 0 atom stereocenters. The molecule has 172 valence electrons. The topological polar surface area (TPSA) is 96.1 Å². The third kappa shape index (κ3) is 5.13. The van der Waals surface area contributed by atoms with E-state index in [1.165, 1.54) is 23.7 Å². The summed E-state index contributed by atoms with van der Waals surface area (Å²) in [5.74, 6) is 1.39. The molecule has 0 aliphatic carbocycles. The van der Waals surface area contributed by atoms with Crippen molar-refractivity contribution in [3.05, 3.63) is 41.8 Å². The summed E-state index contributed by atoms with van der Waals surface area (Å²) < 4.78 is 21.0. The summed E-state index contributed by atoms with van der Waals surface area (Å²) in [6.45, 7) is 0.248. The van der Waals surface area contributed by atoms with Crippen molar-refractivity contribution in [3.63, 3.8) is 0 Å². The Bertz CT molecular complexity index is 1030. The maximum absolute atomic E-state index is 12.3. The fourth-order valence-corrected chi connectivity index (χ4v) is 3.96. The van der Waals surface area contributed by atoms with E-state index in [2.05, 4.69) is 4.37 Å². The van der Waals surface area contributed by atoms with Crippen LogP contribution in [0.25, 0.3) is 22.4 Å². The number of aromatic nitrogens is 1. The van der Waals surface area contributed by atoms with Crippen LogP contribution in [0.1, 0.15) is 6.42 Å². The minimum atomic E-state index is -0.213. The number of ether oxygens (including phenoxy) is 3. The number of carbonyl (C=O) groups is 1. The number of methoxy groups -OCH3 is 3. The van der Waals surface area contributed by atoms with Crippen molar-refractivity contribution in [1.29, 1.82) is 0 Å². The molecule has 0 bridgehead atoms. The summed E-state index contributed by atoms with van der Waals surface area (Å²) in [7, 11) is 6.16. The summed E-state index contributed by atoms with van der Waals surface area (Å²) in [6, 6.07) is 11.2. The van der Waals surface area contributed by atoms with Gasteiger partial charge in [0.25, 0.3) is 5.91 Å². The van der Waals surface area contributed by atoms with Crippen LogP contribution in [0.4, 0.5) is 5.69 Å². The van der Waals surface area contributed by atoms with Gasteiger partial charge in [0.1, 0.15) is 0 Å². The molecular formula is C22H26ClN3O5S. The minimum absolute atomic E-state index is 0. The van der Waals surface area contributed by atoms with Gasteiger partial charge in [0, 0.05) is 29.5 Å². The Morgan fingerprint density at radius 1 is 1.03 bits per heavy atom. The fourth-order valence-electron chi connectivity index (χ4n) is 3.24. The first kappa shape index (κ1) is 25.4. The number of hydrogen-bond donors (Lipinski definition) is 1. The molecule has 0 saturated carbocycles. The minimum Gasteiger partial charge on any atom is -0.493 e. The van der Waals surface area contributed by atoms with Gasteiger partial charge in [-0.25, -0.2) is 0 Å². The molecule has 2 aromatic carbocycles. The van der Waals surface area contributed by atoms with Crippen molar-refractivity contribution >= 4 is 35.5 Å². The second-order valence-electron chi connectivity index (χ2n) is 6.45. The lowest BCUT2D eigenvalue weighted by Crippen LogP contribution is -2.31. The standard InChI is InChI=1S/C22H25N3O5S.ClH/c1-27-18-11-15(12-19(28-2)22(18)29-3)21-17(13-31-24-21)14-6-5-7-16(10-14)25(30-4)20(26)8-9-23;/h5-7,10-13H,8-9,23H2,1-4H3;1H. The normalized spacial score (nSPS) is 10.3. The van der Waals surface area contributed by atoms with Gasteiger partial charge in [0.2, 0.25) is 5.75 Å². The quantitative estimate of drug-likeness (QED) is 0.460. The lowest BCUT2D eigenvalue weighted by molar-refractivity contribution is -0.124. The van der Waals surface area contributed by atoms with Crippen molar-refractivity contribution in [2.24, 2.45) is 5.73 Å². The molecule has 0 saturated heterocycles. The van der Waals surface area contributed by atoms with Crippen LogP contribution in [0.5, 0.6) is 17.2 Å². The molecule has 8 nitrogen and oxygen atoms in total. The number of halogens is 1. The molecule has 10 heteroatoms. The van der Waals surface area contributed by atoms with E-state index in [9.17, 15) is 4.79 Å². The third-order valence-electron chi connectivity index (χ3n) is 4.67. The smallest absolute Gasteiger partial charge is 0.252 e. The van der Waals surface area contributed by atoms with Crippen LogP contribution in [0.15, 0.2) is 41.8 Å². The summed E-state index contributed by atoms with van der Waals surface area (Å²) in [6.07, 6.45) is 0.189. The van der Waals surface area contributed by atoms with E-state index in [1.54, 1.807) is 27.4 Å². The molecule has 0 radical (unpaired) electrons. The Balaban J connectivity index is 0.00000363. The first-order valence-electron chi connectivity index (χ1n) is 9.50. The molecule has 0 unspecified atom stereocenters. The van der Waals surface area contributed by atoms with Crippen LogP contribution in [-0.2, 0) is 9.63 Å². The Kier molecular flexibility index (Phi) is 9.27. The van der Waals surface area contributed by atoms with Gasteiger partial charge in [0.05, 0.1) is 39.8 Å². The van der Waals surface area contributed by atoms with Crippen LogP contribution in [0, 0.1) is 0 Å². The lowest BCUT2D eigenvalue weighted by Gasteiger charge is -2.20. The Morgan fingerprint density at radius 2 is 1.72 bits per heavy atom. The molecular weight excluding hydrogens is 454 g/mol. The zero-order valence-corrected chi connectivity index (χ0v) is 19.9. The predicted octanol–water partition coefficient (Wildman–Crippen LogP) is 4.17. The highest BCUT2D eigenvalue weighted by Gasteiger charge is 2.20. The number of nitrogens with zero attached hydrogens (tertiary/aromatic N) is 2. The molecule has 32 heavy (non-hydrogen) atoms. The number of benzene rings is 2. The Hall–Kier alpha value is -2.85. The van der Waals surface area contributed by atoms with Crippen LogP contribution in [0.2, 0.25) is 0 Å². The van der Waals surface area contributed by atoms with Crippen molar-refractivity contribution < 1.29 is 23.8 Å². The van der Waals surface area contributed by atoms with E-state index >= 15 is 0 Å². The highest BCUT2D eigenvalue weighted by atomic mass is 35.5. The van der Waals surface area contributed by atoms with Gasteiger partial charge >= 0.3 is 0 Å². The largest absolute Gasteiger partial charge is 0.493 e. The fraction of sp³-hybridized carbons (Fsp3) is 0.273. The Labute approximate surface area is 197 Å². The molecule has 0 spiro atoms. The van der Waals surface area contributed by atoms with Gasteiger partial charge < -0.3 is 19.9 Å². The van der Waals surface area contributed by atoms with E-state index in [-0.39, 0.29) is 31.3 Å². The predicted molar refractivity (Wildman–Crippen MR) is 128 cm³/mol. The van der Waals surface area contributed by atoms with Crippen LogP contribution < -0.4 is 25.0 Å². The van der Waals surface area contributed by atoms with Gasteiger partial charge in [-0.15, -0.1) is 12.4 Å². The number of hydroxylamine groups is 1. The zero-order valence-electron chi connectivity index (χ0n) is 18.3.